The summed E-state index contributed by atoms with van der Waals surface area (Å²) in [6, 6.07) is 6.15. The van der Waals surface area contributed by atoms with Crippen molar-refractivity contribution in [3.8, 4) is 5.75 Å². The van der Waals surface area contributed by atoms with Gasteiger partial charge < -0.3 is 10.1 Å². The molecule has 0 bridgehead atoms. The molecular weight excluding hydrogens is 375 g/mol. The lowest BCUT2D eigenvalue weighted by Crippen LogP contribution is -2.23. The first-order valence-electron chi connectivity index (χ1n) is 9.39. The molecule has 0 spiro atoms. The molecule has 1 aromatic carbocycles. The van der Waals surface area contributed by atoms with Crippen molar-refractivity contribution in [3.63, 3.8) is 0 Å². The van der Waals surface area contributed by atoms with E-state index < -0.39 is 5.72 Å². The molecule has 29 heavy (non-hydrogen) atoms. The van der Waals surface area contributed by atoms with Crippen molar-refractivity contribution in [2.24, 2.45) is 4.99 Å². The maximum Gasteiger partial charge on any atom is 0.182 e. The van der Waals surface area contributed by atoms with Crippen molar-refractivity contribution in [1.82, 2.24) is 20.1 Å². The summed E-state index contributed by atoms with van der Waals surface area (Å²) >= 11 is 0. The Morgan fingerprint density at radius 2 is 2.17 bits per heavy atom. The van der Waals surface area contributed by atoms with E-state index in [4.69, 9.17) is 14.6 Å². The van der Waals surface area contributed by atoms with E-state index in [1.165, 1.54) is 12.1 Å². The summed E-state index contributed by atoms with van der Waals surface area (Å²) in [5.41, 5.74) is 4.28. The van der Waals surface area contributed by atoms with E-state index in [1.807, 2.05) is 33.0 Å². The predicted molar refractivity (Wildman–Crippen MR) is 107 cm³/mol. The van der Waals surface area contributed by atoms with E-state index in [0.29, 0.717) is 23.1 Å². The first-order valence-corrected chi connectivity index (χ1v) is 9.39. The summed E-state index contributed by atoms with van der Waals surface area (Å²) in [7, 11) is 1.57. The van der Waals surface area contributed by atoms with Crippen LogP contribution in [0.5, 0.6) is 5.75 Å². The van der Waals surface area contributed by atoms with Crippen LogP contribution in [0.1, 0.15) is 44.4 Å². The van der Waals surface area contributed by atoms with E-state index in [2.05, 4.69) is 20.9 Å². The fraction of sp³-hybridized carbons (Fsp3) is 0.350. The molecule has 9 heteroatoms. The van der Waals surface area contributed by atoms with Crippen molar-refractivity contribution in [3.05, 3.63) is 53.6 Å². The van der Waals surface area contributed by atoms with Crippen molar-refractivity contribution < 1.29 is 14.0 Å². The molecule has 0 fully saturated rings. The van der Waals surface area contributed by atoms with E-state index in [0.717, 1.165) is 17.5 Å². The van der Waals surface area contributed by atoms with Gasteiger partial charge in [-0.1, -0.05) is 6.92 Å². The van der Waals surface area contributed by atoms with Crippen molar-refractivity contribution in [2.45, 2.75) is 39.0 Å². The highest BCUT2D eigenvalue weighted by Crippen LogP contribution is 2.30. The highest BCUT2D eigenvalue weighted by Gasteiger charge is 2.28. The number of fused-ring (bicyclic) bond motifs is 1. The van der Waals surface area contributed by atoms with Crippen LogP contribution in [-0.2, 0) is 4.84 Å². The Bertz CT molecular complexity index is 1080. The largest absolute Gasteiger partial charge is 0.496 e. The standard InChI is InChI=1S/C20H23FN6O2/c1-5-15(13-10-12(21)6-7-16(13)28-4)23-17-8-9-27-19(24-17)14(11-22-27)18-25-20(2,3)29-26-18/h6-11,15H,5H2,1-4H3,(H,23,24)(H,25,26)/t15-/m1/s1. The highest BCUT2D eigenvalue weighted by atomic mass is 19.1. The van der Waals surface area contributed by atoms with Gasteiger partial charge in [-0.2, -0.15) is 5.10 Å². The van der Waals surface area contributed by atoms with Gasteiger partial charge in [-0.25, -0.2) is 29.2 Å². The number of hydrogen-bond donors (Lipinski definition) is 2. The molecule has 0 unspecified atom stereocenters. The summed E-state index contributed by atoms with van der Waals surface area (Å²) in [6.07, 6.45) is 4.22. The van der Waals surface area contributed by atoms with Crippen LogP contribution in [0.2, 0.25) is 0 Å². The zero-order valence-corrected chi connectivity index (χ0v) is 16.7. The summed E-state index contributed by atoms with van der Waals surface area (Å²) < 4.78 is 20.9. The molecule has 0 saturated carbocycles. The van der Waals surface area contributed by atoms with Crippen molar-refractivity contribution >= 4 is 17.3 Å². The lowest BCUT2D eigenvalue weighted by atomic mass is 10.0. The second kappa shape index (κ2) is 7.32. The van der Waals surface area contributed by atoms with Gasteiger partial charge in [0.15, 0.2) is 17.2 Å². The van der Waals surface area contributed by atoms with E-state index >= 15 is 0 Å². The van der Waals surface area contributed by atoms with Gasteiger partial charge in [-0.15, -0.1) is 0 Å². The second-order valence-electron chi connectivity index (χ2n) is 7.24. The summed E-state index contributed by atoms with van der Waals surface area (Å²) in [6.45, 7) is 5.73. The molecule has 152 valence electrons. The molecule has 0 amide bonds. The van der Waals surface area contributed by atoms with Crippen LogP contribution < -0.4 is 15.5 Å². The summed E-state index contributed by atoms with van der Waals surface area (Å²) in [5, 5.41) is 7.70. The molecule has 0 aliphatic carbocycles. The molecule has 1 atom stereocenters. The minimum atomic E-state index is -0.652. The fourth-order valence-electron chi connectivity index (χ4n) is 3.28. The number of hydroxylamine groups is 1. The Balaban J connectivity index is 1.68. The van der Waals surface area contributed by atoms with Crippen LogP contribution in [-0.4, -0.2) is 33.3 Å². The molecule has 2 N–H and O–H groups in total. The lowest BCUT2D eigenvalue weighted by molar-refractivity contribution is -0.0269. The Kier molecular flexibility index (Phi) is 4.83. The quantitative estimate of drug-likeness (QED) is 0.662. The zero-order valence-electron chi connectivity index (χ0n) is 16.7. The average molecular weight is 398 g/mol. The van der Waals surface area contributed by atoms with E-state index in [1.54, 1.807) is 23.9 Å². The van der Waals surface area contributed by atoms with Crippen LogP contribution >= 0.6 is 0 Å². The molecule has 4 rings (SSSR count). The molecule has 8 nitrogen and oxygen atoms in total. The smallest absolute Gasteiger partial charge is 0.182 e. The Morgan fingerprint density at radius 3 is 2.86 bits per heavy atom. The van der Waals surface area contributed by atoms with Crippen LogP contribution in [0.15, 0.2) is 41.7 Å². The number of nitrogens with zero attached hydrogens (tertiary/aromatic N) is 4. The van der Waals surface area contributed by atoms with E-state index in [-0.39, 0.29) is 11.9 Å². The SMILES string of the molecule is CC[C@@H](Nc1ccn2ncc(C3=NC(C)(C)ON3)c2n1)c1cc(F)ccc1OC. The van der Waals surface area contributed by atoms with Gasteiger partial charge in [-0.3, -0.25) is 0 Å². The topological polar surface area (TPSA) is 85.1 Å². The highest BCUT2D eigenvalue weighted by molar-refractivity contribution is 6.03. The number of aliphatic imine (C=N–C) groups is 1. The number of nitrogens with one attached hydrogen (secondary N) is 2. The van der Waals surface area contributed by atoms with Gasteiger partial charge in [-0.05, 0) is 44.5 Å². The first kappa shape index (κ1) is 19.1. The number of benzene rings is 1. The number of hydrogen-bond acceptors (Lipinski definition) is 7. The molecular formula is C20H23FN6O2. The number of ether oxygens (including phenoxy) is 1. The fourth-order valence-corrected chi connectivity index (χ4v) is 3.28. The molecule has 1 aliphatic heterocycles. The minimum Gasteiger partial charge on any atom is -0.496 e. The number of amidine groups is 1. The Morgan fingerprint density at radius 1 is 1.34 bits per heavy atom. The molecule has 0 radical (unpaired) electrons. The number of halogens is 1. The minimum absolute atomic E-state index is 0.175. The lowest BCUT2D eigenvalue weighted by Gasteiger charge is -2.20. The van der Waals surface area contributed by atoms with Gasteiger partial charge in [0.2, 0.25) is 0 Å². The van der Waals surface area contributed by atoms with Gasteiger partial charge in [0, 0.05) is 11.8 Å². The number of methoxy groups -OCH3 is 1. The molecule has 0 saturated heterocycles. The molecule has 2 aromatic heterocycles. The number of aromatic nitrogens is 3. The Labute approximate surface area is 167 Å². The van der Waals surface area contributed by atoms with Crippen LogP contribution in [0.25, 0.3) is 5.65 Å². The van der Waals surface area contributed by atoms with Crippen molar-refractivity contribution in [2.75, 3.05) is 12.4 Å². The van der Waals surface area contributed by atoms with Crippen molar-refractivity contribution in [1.29, 1.82) is 0 Å². The Hall–Kier alpha value is -3.20. The third-order valence-corrected chi connectivity index (χ3v) is 4.70. The summed E-state index contributed by atoms with van der Waals surface area (Å²) in [4.78, 5) is 14.7. The normalized spacial score (nSPS) is 16.4. The maximum atomic E-state index is 13.8. The first-order chi connectivity index (χ1) is 13.9. The van der Waals surface area contributed by atoms with Gasteiger partial charge in [0.25, 0.3) is 0 Å². The van der Waals surface area contributed by atoms with Crippen LogP contribution in [0.3, 0.4) is 0 Å². The maximum absolute atomic E-state index is 13.8. The van der Waals surface area contributed by atoms with Gasteiger partial charge >= 0.3 is 0 Å². The summed E-state index contributed by atoms with van der Waals surface area (Å²) in [5.74, 6) is 1.53. The van der Waals surface area contributed by atoms with Crippen LogP contribution in [0.4, 0.5) is 10.2 Å². The number of rotatable bonds is 6. The van der Waals surface area contributed by atoms with Gasteiger partial charge in [0.1, 0.15) is 17.4 Å². The molecule has 3 aromatic rings. The monoisotopic (exact) mass is 398 g/mol. The van der Waals surface area contributed by atoms with Crippen LogP contribution in [0, 0.1) is 5.82 Å². The third-order valence-electron chi connectivity index (χ3n) is 4.70. The second-order valence-corrected chi connectivity index (χ2v) is 7.24. The molecule has 1 aliphatic rings. The van der Waals surface area contributed by atoms with E-state index in [9.17, 15) is 4.39 Å². The van der Waals surface area contributed by atoms with Gasteiger partial charge in [0.05, 0.1) is 24.9 Å². The predicted octanol–water partition coefficient (Wildman–Crippen LogP) is 3.46. The third kappa shape index (κ3) is 3.73. The average Bonchev–Trinajstić information content (AvgIpc) is 3.28. The molecule has 3 heterocycles. The number of anilines is 1. The zero-order chi connectivity index (χ0) is 20.6.